The number of hydrogen-bond acceptors (Lipinski definition) is 2. The van der Waals surface area contributed by atoms with E-state index in [1.54, 1.807) is 0 Å². The minimum atomic E-state index is -4.94. The van der Waals surface area contributed by atoms with Crippen molar-refractivity contribution >= 4 is 23.4 Å². The highest BCUT2D eigenvalue weighted by Gasteiger charge is 2.43. The van der Waals surface area contributed by atoms with Crippen molar-refractivity contribution < 1.29 is 27.2 Å². The molecule has 2 amide bonds. The quantitative estimate of drug-likeness (QED) is 0.737. The number of alkyl halides is 3. The van der Waals surface area contributed by atoms with Crippen molar-refractivity contribution in [2.24, 2.45) is 0 Å². The average molecular weight is 339 g/mol. The van der Waals surface area contributed by atoms with E-state index in [2.05, 4.69) is 0 Å². The van der Waals surface area contributed by atoms with Gasteiger partial charge in [0.25, 0.3) is 5.91 Å². The van der Waals surface area contributed by atoms with Gasteiger partial charge in [0, 0.05) is 26.2 Å². The molecule has 0 radical (unpaired) electrons. The summed E-state index contributed by atoms with van der Waals surface area (Å²) in [6.45, 7) is -0.775. The van der Waals surface area contributed by atoms with Crippen LogP contribution in [0.15, 0.2) is 18.2 Å². The Morgan fingerprint density at radius 1 is 1.05 bits per heavy atom. The molecular weight excluding hydrogens is 328 g/mol. The van der Waals surface area contributed by atoms with Gasteiger partial charge in [0.2, 0.25) is 0 Å². The van der Waals surface area contributed by atoms with Crippen LogP contribution in [0, 0.1) is 5.82 Å². The van der Waals surface area contributed by atoms with Crippen molar-refractivity contribution in [2.45, 2.75) is 6.18 Å². The maximum absolute atomic E-state index is 13.7. The Labute approximate surface area is 128 Å². The van der Waals surface area contributed by atoms with Gasteiger partial charge < -0.3 is 9.80 Å². The number of carbonyl (C=O) groups is 2. The molecule has 0 bridgehead atoms. The Morgan fingerprint density at radius 3 is 2.09 bits per heavy atom. The molecule has 0 N–H and O–H groups in total. The molecule has 0 saturated carbocycles. The van der Waals surface area contributed by atoms with Gasteiger partial charge in [0.1, 0.15) is 5.82 Å². The second-order valence-electron chi connectivity index (χ2n) is 4.68. The molecule has 1 aromatic rings. The number of benzene rings is 1. The third kappa shape index (κ3) is 3.32. The number of carbonyl (C=O) groups excluding carboxylic acids is 2. The van der Waals surface area contributed by atoms with Gasteiger partial charge in [-0.05, 0) is 12.1 Å². The van der Waals surface area contributed by atoms with E-state index >= 15 is 0 Å². The number of halogens is 5. The van der Waals surface area contributed by atoms with E-state index in [9.17, 15) is 27.2 Å². The highest BCUT2D eigenvalue weighted by atomic mass is 35.5. The first-order valence-electron chi connectivity index (χ1n) is 6.31. The van der Waals surface area contributed by atoms with Crippen molar-refractivity contribution in [3.8, 4) is 0 Å². The lowest BCUT2D eigenvalue weighted by Gasteiger charge is -2.35. The van der Waals surface area contributed by atoms with Gasteiger partial charge in [0.05, 0.1) is 10.6 Å². The largest absolute Gasteiger partial charge is 0.471 e. The van der Waals surface area contributed by atoms with E-state index in [0.29, 0.717) is 4.90 Å². The molecule has 9 heteroatoms. The summed E-state index contributed by atoms with van der Waals surface area (Å²) in [5.41, 5.74) is -0.320. The molecule has 1 heterocycles. The summed E-state index contributed by atoms with van der Waals surface area (Å²) in [5, 5.41) is -0.0706. The summed E-state index contributed by atoms with van der Waals surface area (Å²) in [7, 11) is 0. The van der Waals surface area contributed by atoms with Gasteiger partial charge in [0.15, 0.2) is 0 Å². The molecule has 2 rings (SSSR count). The summed E-state index contributed by atoms with van der Waals surface area (Å²) in [6, 6.07) is 3.76. The van der Waals surface area contributed by atoms with Crippen LogP contribution in [0.4, 0.5) is 17.6 Å². The van der Waals surface area contributed by atoms with Crippen molar-refractivity contribution in [1.82, 2.24) is 9.80 Å². The van der Waals surface area contributed by atoms with E-state index < -0.39 is 23.8 Å². The number of hydrogen-bond donors (Lipinski definition) is 0. The maximum Gasteiger partial charge on any atom is 0.471 e. The number of rotatable bonds is 1. The molecule has 0 aromatic heterocycles. The highest BCUT2D eigenvalue weighted by molar-refractivity contribution is 6.33. The molecule has 4 nitrogen and oxygen atoms in total. The van der Waals surface area contributed by atoms with E-state index in [1.807, 2.05) is 0 Å². The summed E-state index contributed by atoms with van der Waals surface area (Å²) in [6.07, 6.45) is -4.94. The summed E-state index contributed by atoms with van der Waals surface area (Å²) < 4.78 is 50.6. The monoisotopic (exact) mass is 338 g/mol. The standard InChI is InChI=1S/C13H11ClF4N2O2/c14-8-2-1-3-9(15)10(8)11(21)19-4-6-20(7-5-19)12(22)13(16,17)18/h1-3H,4-7H2. The Kier molecular flexibility index (Phi) is 4.60. The van der Waals surface area contributed by atoms with Gasteiger partial charge in [-0.2, -0.15) is 13.2 Å². The van der Waals surface area contributed by atoms with Crippen LogP contribution in [0.2, 0.25) is 5.02 Å². The lowest BCUT2D eigenvalue weighted by molar-refractivity contribution is -0.186. The Balaban J connectivity index is 2.06. The predicted molar refractivity (Wildman–Crippen MR) is 69.9 cm³/mol. The van der Waals surface area contributed by atoms with Crippen LogP contribution in [0.5, 0.6) is 0 Å². The molecule has 1 saturated heterocycles. The first kappa shape index (κ1) is 16.5. The normalized spacial score (nSPS) is 15.9. The van der Waals surface area contributed by atoms with Gasteiger partial charge in [-0.25, -0.2) is 4.39 Å². The molecule has 22 heavy (non-hydrogen) atoms. The molecule has 1 fully saturated rings. The first-order chi connectivity index (χ1) is 10.2. The Bertz CT molecular complexity index is 578. The molecule has 0 aliphatic carbocycles. The molecule has 0 unspecified atom stereocenters. The molecule has 1 aliphatic heterocycles. The SMILES string of the molecule is O=C(c1c(F)cccc1Cl)N1CCN(C(=O)C(F)(F)F)CC1. The van der Waals surface area contributed by atoms with Crippen LogP contribution >= 0.6 is 11.6 Å². The maximum atomic E-state index is 13.7. The highest BCUT2D eigenvalue weighted by Crippen LogP contribution is 2.23. The van der Waals surface area contributed by atoms with E-state index in [0.717, 1.165) is 6.07 Å². The van der Waals surface area contributed by atoms with E-state index in [4.69, 9.17) is 11.6 Å². The Hall–Kier alpha value is -1.83. The van der Waals surface area contributed by atoms with Crippen LogP contribution in [-0.4, -0.2) is 54.0 Å². The summed E-state index contributed by atoms with van der Waals surface area (Å²) in [5.74, 6) is -3.45. The van der Waals surface area contributed by atoms with Crippen LogP contribution in [0.3, 0.4) is 0 Å². The summed E-state index contributed by atoms with van der Waals surface area (Å²) in [4.78, 5) is 25.1. The zero-order chi connectivity index (χ0) is 16.5. The third-order valence-corrected chi connectivity index (χ3v) is 3.59. The van der Waals surface area contributed by atoms with Gasteiger partial charge in [-0.1, -0.05) is 17.7 Å². The van der Waals surface area contributed by atoms with Crippen LogP contribution in [0.1, 0.15) is 10.4 Å². The van der Waals surface area contributed by atoms with Crippen LogP contribution in [-0.2, 0) is 4.79 Å². The third-order valence-electron chi connectivity index (χ3n) is 3.27. The van der Waals surface area contributed by atoms with Gasteiger partial charge in [-0.15, -0.1) is 0 Å². The number of piperazine rings is 1. The van der Waals surface area contributed by atoms with Crippen molar-refractivity contribution in [2.75, 3.05) is 26.2 Å². The molecule has 1 aliphatic rings. The molecule has 0 atom stereocenters. The molecular formula is C13H11ClF4N2O2. The topological polar surface area (TPSA) is 40.6 Å². The van der Waals surface area contributed by atoms with Crippen molar-refractivity contribution in [3.63, 3.8) is 0 Å². The fourth-order valence-corrected chi connectivity index (χ4v) is 2.40. The van der Waals surface area contributed by atoms with Gasteiger partial charge in [-0.3, -0.25) is 9.59 Å². The fourth-order valence-electron chi connectivity index (χ4n) is 2.15. The number of nitrogens with zero attached hydrogens (tertiary/aromatic N) is 2. The first-order valence-corrected chi connectivity index (χ1v) is 6.69. The zero-order valence-corrected chi connectivity index (χ0v) is 11.9. The fraction of sp³-hybridized carbons (Fsp3) is 0.385. The molecule has 0 spiro atoms. The average Bonchev–Trinajstić information content (AvgIpc) is 2.45. The zero-order valence-electron chi connectivity index (χ0n) is 11.2. The lowest BCUT2D eigenvalue weighted by Crippen LogP contribution is -2.53. The minimum Gasteiger partial charge on any atom is -0.335 e. The van der Waals surface area contributed by atoms with Crippen molar-refractivity contribution in [1.29, 1.82) is 0 Å². The van der Waals surface area contributed by atoms with Crippen LogP contribution in [0.25, 0.3) is 0 Å². The van der Waals surface area contributed by atoms with E-state index in [-0.39, 0.29) is 36.8 Å². The summed E-state index contributed by atoms with van der Waals surface area (Å²) >= 11 is 5.78. The lowest BCUT2D eigenvalue weighted by atomic mass is 10.1. The predicted octanol–water partition coefficient (Wildman–Crippen LogP) is 2.33. The second kappa shape index (κ2) is 6.12. The Morgan fingerprint density at radius 2 is 1.59 bits per heavy atom. The smallest absolute Gasteiger partial charge is 0.335 e. The number of amides is 2. The van der Waals surface area contributed by atoms with Gasteiger partial charge >= 0.3 is 12.1 Å². The molecule has 120 valence electrons. The second-order valence-corrected chi connectivity index (χ2v) is 5.09. The van der Waals surface area contributed by atoms with E-state index in [1.165, 1.54) is 17.0 Å². The minimum absolute atomic E-state index is 0.0706. The van der Waals surface area contributed by atoms with Crippen LogP contribution < -0.4 is 0 Å². The molecule has 1 aromatic carbocycles. The van der Waals surface area contributed by atoms with Crippen molar-refractivity contribution in [3.05, 3.63) is 34.6 Å².